The molecular formula is C28H39N5O3. The molecule has 0 amide bonds. The number of pyridine rings is 1. The zero-order valence-electron chi connectivity index (χ0n) is 22.1. The molecule has 2 aliphatic rings. The van der Waals surface area contributed by atoms with Crippen LogP contribution in [0.4, 0.5) is 11.8 Å². The third-order valence-corrected chi connectivity index (χ3v) is 8.41. The first-order chi connectivity index (χ1) is 17.3. The highest BCUT2D eigenvalue weighted by Gasteiger charge is 2.43. The molecule has 36 heavy (non-hydrogen) atoms. The highest BCUT2D eigenvalue weighted by Crippen LogP contribution is 2.44. The average molecular weight is 494 g/mol. The van der Waals surface area contributed by atoms with E-state index in [2.05, 4.69) is 41.6 Å². The third-order valence-electron chi connectivity index (χ3n) is 8.41. The molecule has 194 valence electrons. The monoisotopic (exact) mass is 493 g/mol. The van der Waals surface area contributed by atoms with Crippen LogP contribution >= 0.6 is 0 Å². The van der Waals surface area contributed by atoms with Crippen LogP contribution in [-0.4, -0.2) is 52.0 Å². The molecule has 0 bridgehead atoms. The summed E-state index contributed by atoms with van der Waals surface area (Å²) in [6, 6.07) is 4.12. The van der Waals surface area contributed by atoms with Gasteiger partial charge in [-0.2, -0.15) is 4.98 Å². The van der Waals surface area contributed by atoms with Crippen LogP contribution in [0, 0.1) is 38.5 Å². The quantitative estimate of drug-likeness (QED) is 0.409. The van der Waals surface area contributed by atoms with E-state index in [0.717, 1.165) is 90.6 Å². The van der Waals surface area contributed by atoms with Crippen LogP contribution in [0.15, 0.2) is 16.5 Å². The van der Waals surface area contributed by atoms with E-state index >= 15 is 0 Å². The Bertz CT molecular complexity index is 1240. The van der Waals surface area contributed by atoms with E-state index in [4.69, 9.17) is 19.1 Å². The van der Waals surface area contributed by atoms with Crippen molar-refractivity contribution in [1.29, 1.82) is 0 Å². The van der Waals surface area contributed by atoms with Crippen molar-refractivity contribution >= 4 is 22.7 Å². The first-order valence-electron chi connectivity index (χ1n) is 13.2. The van der Waals surface area contributed by atoms with E-state index in [9.17, 15) is 5.11 Å². The Balaban J connectivity index is 1.53. The van der Waals surface area contributed by atoms with Gasteiger partial charge in [0.05, 0.1) is 17.0 Å². The fourth-order valence-corrected chi connectivity index (χ4v) is 5.89. The van der Waals surface area contributed by atoms with E-state index in [1.807, 2.05) is 20.8 Å². The number of aromatic nitrogens is 3. The Morgan fingerprint density at radius 2 is 1.83 bits per heavy atom. The van der Waals surface area contributed by atoms with Crippen molar-refractivity contribution in [1.82, 2.24) is 15.0 Å². The van der Waals surface area contributed by atoms with Crippen molar-refractivity contribution in [3.63, 3.8) is 0 Å². The number of furan rings is 1. The molecule has 3 unspecified atom stereocenters. The lowest BCUT2D eigenvalue weighted by Gasteiger charge is -2.34. The van der Waals surface area contributed by atoms with Crippen molar-refractivity contribution in [2.75, 3.05) is 37.0 Å². The second-order valence-corrected chi connectivity index (χ2v) is 11.0. The molecule has 8 heteroatoms. The van der Waals surface area contributed by atoms with E-state index in [1.165, 1.54) is 0 Å². The Morgan fingerprint density at radius 3 is 2.56 bits per heavy atom. The molecule has 3 aromatic heterocycles. The Hall–Kier alpha value is -2.71. The summed E-state index contributed by atoms with van der Waals surface area (Å²) in [5, 5.41) is 18.2. The standard InChI is InChI=1S/C28H39N5O3/c1-16-12-22-13-23(36-25(22)19(4)30-16)24-18(3)31-27(29-14-20-7-10-35-11-8-20)32-26(24)33-28(5)9-6-21(15-34)17(28)2/h12-13,17,20-21,34H,6-11,14-15H2,1-5H3,(H2,29,31,32,33). The van der Waals surface area contributed by atoms with Gasteiger partial charge in [0.1, 0.15) is 11.6 Å². The molecule has 3 aromatic rings. The lowest BCUT2D eigenvalue weighted by Crippen LogP contribution is -2.40. The number of aryl methyl sites for hydroxylation is 3. The van der Waals surface area contributed by atoms with Gasteiger partial charge in [-0.05, 0) is 83.3 Å². The van der Waals surface area contributed by atoms with Gasteiger partial charge in [0, 0.05) is 43.0 Å². The molecule has 3 N–H and O–H groups in total. The number of hydrogen-bond acceptors (Lipinski definition) is 8. The maximum absolute atomic E-state index is 9.89. The van der Waals surface area contributed by atoms with Crippen LogP contribution in [0.3, 0.4) is 0 Å². The van der Waals surface area contributed by atoms with E-state index in [0.29, 0.717) is 17.8 Å². The number of nitrogens with one attached hydrogen (secondary N) is 2. The second kappa shape index (κ2) is 9.98. The number of anilines is 2. The van der Waals surface area contributed by atoms with Crippen molar-refractivity contribution in [2.45, 2.75) is 65.8 Å². The van der Waals surface area contributed by atoms with Gasteiger partial charge in [-0.3, -0.25) is 4.98 Å². The smallest absolute Gasteiger partial charge is 0.224 e. The van der Waals surface area contributed by atoms with Crippen molar-refractivity contribution in [3.05, 3.63) is 29.2 Å². The molecule has 0 spiro atoms. The van der Waals surface area contributed by atoms with Gasteiger partial charge in [0.2, 0.25) is 5.95 Å². The largest absolute Gasteiger partial charge is 0.454 e. The topological polar surface area (TPSA) is 105 Å². The summed E-state index contributed by atoms with van der Waals surface area (Å²) in [7, 11) is 0. The summed E-state index contributed by atoms with van der Waals surface area (Å²) in [4.78, 5) is 14.4. The van der Waals surface area contributed by atoms with Gasteiger partial charge in [0.15, 0.2) is 5.58 Å². The number of nitrogens with zero attached hydrogens (tertiary/aromatic N) is 3. The molecule has 1 saturated carbocycles. The molecule has 1 aliphatic carbocycles. The van der Waals surface area contributed by atoms with Crippen LogP contribution in [0.5, 0.6) is 0 Å². The molecule has 8 nitrogen and oxygen atoms in total. The molecule has 0 radical (unpaired) electrons. The van der Waals surface area contributed by atoms with Gasteiger partial charge in [-0.25, -0.2) is 4.98 Å². The molecule has 2 fully saturated rings. The first-order valence-corrected chi connectivity index (χ1v) is 13.2. The van der Waals surface area contributed by atoms with Crippen molar-refractivity contribution < 1.29 is 14.3 Å². The Morgan fingerprint density at radius 1 is 1.06 bits per heavy atom. The maximum Gasteiger partial charge on any atom is 0.224 e. The summed E-state index contributed by atoms with van der Waals surface area (Å²) in [6.07, 6.45) is 4.07. The molecule has 5 rings (SSSR count). The van der Waals surface area contributed by atoms with Crippen molar-refractivity contribution in [3.8, 4) is 11.3 Å². The predicted molar refractivity (Wildman–Crippen MR) is 142 cm³/mol. The van der Waals surface area contributed by atoms with Gasteiger partial charge in [-0.15, -0.1) is 0 Å². The Kier molecular flexibility index (Phi) is 6.92. The summed E-state index contributed by atoms with van der Waals surface area (Å²) in [5.41, 5.74) is 4.18. The van der Waals surface area contributed by atoms with Crippen LogP contribution in [0.25, 0.3) is 22.3 Å². The second-order valence-electron chi connectivity index (χ2n) is 11.0. The number of fused-ring (bicyclic) bond motifs is 1. The number of ether oxygens (including phenoxy) is 1. The van der Waals surface area contributed by atoms with Crippen LogP contribution in [0.2, 0.25) is 0 Å². The predicted octanol–water partition coefficient (Wildman–Crippen LogP) is 5.26. The van der Waals surface area contributed by atoms with Crippen LogP contribution in [0.1, 0.15) is 56.6 Å². The maximum atomic E-state index is 9.89. The molecule has 1 saturated heterocycles. The van der Waals surface area contributed by atoms with Gasteiger partial charge >= 0.3 is 0 Å². The van der Waals surface area contributed by atoms with E-state index in [-0.39, 0.29) is 18.1 Å². The number of rotatable bonds is 7. The minimum absolute atomic E-state index is 0.193. The summed E-state index contributed by atoms with van der Waals surface area (Å²) < 4.78 is 11.9. The lowest BCUT2D eigenvalue weighted by molar-refractivity contribution is 0.0699. The highest BCUT2D eigenvalue weighted by atomic mass is 16.5. The van der Waals surface area contributed by atoms with E-state index in [1.54, 1.807) is 0 Å². The highest BCUT2D eigenvalue weighted by molar-refractivity contribution is 5.87. The number of hydrogen-bond donors (Lipinski definition) is 3. The lowest BCUT2D eigenvalue weighted by atomic mass is 9.86. The molecule has 1 aliphatic heterocycles. The first kappa shape index (κ1) is 25.0. The fraction of sp³-hybridized carbons (Fsp3) is 0.607. The minimum atomic E-state index is -0.193. The van der Waals surface area contributed by atoms with E-state index < -0.39 is 0 Å². The van der Waals surface area contributed by atoms with Gasteiger partial charge in [0.25, 0.3) is 0 Å². The normalized spacial score (nSPS) is 24.9. The zero-order valence-corrected chi connectivity index (χ0v) is 22.1. The third kappa shape index (κ3) is 4.81. The number of aliphatic hydroxyl groups is 1. The van der Waals surface area contributed by atoms with Gasteiger partial charge < -0.3 is 24.9 Å². The molecule has 0 aromatic carbocycles. The molecular weight excluding hydrogens is 454 g/mol. The summed E-state index contributed by atoms with van der Waals surface area (Å²) in [6.45, 7) is 13.1. The zero-order chi connectivity index (χ0) is 25.4. The van der Waals surface area contributed by atoms with Crippen LogP contribution in [-0.2, 0) is 4.74 Å². The Labute approximate surface area is 213 Å². The fourth-order valence-electron chi connectivity index (χ4n) is 5.89. The number of aliphatic hydroxyl groups excluding tert-OH is 1. The van der Waals surface area contributed by atoms with Crippen LogP contribution < -0.4 is 10.6 Å². The average Bonchev–Trinajstić information content (AvgIpc) is 3.39. The van der Waals surface area contributed by atoms with Crippen molar-refractivity contribution in [2.24, 2.45) is 17.8 Å². The molecule has 3 atom stereocenters. The minimum Gasteiger partial charge on any atom is -0.454 e. The molecule has 4 heterocycles. The summed E-state index contributed by atoms with van der Waals surface area (Å²) in [5.74, 6) is 3.28. The SMILES string of the molecule is Cc1cc2cc(-c3c(C)nc(NCC4CCOCC4)nc3NC3(C)CCC(CO)C3C)oc2c(C)n1. The van der Waals surface area contributed by atoms with Gasteiger partial charge in [-0.1, -0.05) is 6.92 Å². The summed E-state index contributed by atoms with van der Waals surface area (Å²) >= 11 is 0.